The quantitative estimate of drug-likeness (QED) is 0.916. The summed E-state index contributed by atoms with van der Waals surface area (Å²) in [6.45, 7) is 7.04. The van der Waals surface area contributed by atoms with E-state index in [0.29, 0.717) is 11.9 Å². The average molecular weight is 341 g/mol. The smallest absolute Gasteiger partial charge is 0.145 e. The van der Waals surface area contributed by atoms with E-state index < -0.39 is 0 Å². The van der Waals surface area contributed by atoms with Gasteiger partial charge in [0.25, 0.3) is 0 Å². The second-order valence-corrected chi connectivity index (χ2v) is 7.11. The molecule has 1 aromatic carbocycles. The van der Waals surface area contributed by atoms with E-state index in [0.717, 1.165) is 62.6 Å². The van der Waals surface area contributed by atoms with Gasteiger partial charge in [-0.15, -0.1) is 0 Å². The number of anilines is 1. The molecule has 4 rings (SSSR count). The van der Waals surface area contributed by atoms with Crippen molar-refractivity contribution >= 4 is 16.7 Å². The largest absolute Gasteiger partial charge is 0.383 e. The van der Waals surface area contributed by atoms with Gasteiger partial charge in [0.1, 0.15) is 11.6 Å². The maximum atomic E-state index is 6.10. The zero-order chi connectivity index (χ0) is 17.1. The number of para-hydroxylation sites is 1. The maximum absolute atomic E-state index is 6.10. The van der Waals surface area contributed by atoms with Crippen LogP contribution in [0.5, 0.6) is 0 Å². The Morgan fingerprint density at radius 3 is 2.64 bits per heavy atom. The highest BCUT2D eigenvalue weighted by Crippen LogP contribution is 2.19. The molecular formula is C19H27N5O. The summed E-state index contributed by atoms with van der Waals surface area (Å²) in [5, 5.41) is 0.934. The van der Waals surface area contributed by atoms with Gasteiger partial charge in [-0.05, 0) is 31.4 Å². The van der Waals surface area contributed by atoms with Crippen LogP contribution in [-0.2, 0) is 11.3 Å². The SMILES string of the molecule is Nc1nc(CN2CCN(C[C@@H]3CCCCO3)CC2)nc2ccccc12. The van der Waals surface area contributed by atoms with Gasteiger partial charge in [-0.25, -0.2) is 9.97 Å². The fourth-order valence-electron chi connectivity index (χ4n) is 3.79. The van der Waals surface area contributed by atoms with Gasteiger partial charge in [-0.1, -0.05) is 12.1 Å². The minimum absolute atomic E-state index is 0.434. The molecule has 0 amide bonds. The van der Waals surface area contributed by atoms with Crippen LogP contribution in [0.1, 0.15) is 25.1 Å². The van der Waals surface area contributed by atoms with Crippen LogP contribution in [0.25, 0.3) is 10.9 Å². The third kappa shape index (κ3) is 4.08. The number of benzene rings is 1. The van der Waals surface area contributed by atoms with E-state index in [2.05, 4.69) is 19.8 Å². The number of ether oxygens (including phenoxy) is 1. The van der Waals surface area contributed by atoms with Crippen molar-refractivity contribution in [2.45, 2.75) is 31.9 Å². The third-order valence-corrected chi connectivity index (χ3v) is 5.24. The molecule has 134 valence electrons. The second kappa shape index (κ2) is 7.64. The van der Waals surface area contributed by atoms with Crippen molar-refractivity contribution in [3.63, 3.8) is 0 Å². The normalized spacial score (nSPS) is 23.1. The second-order valence-electron chi connectivity index (χ2n) is 7.11. The van der Waals surface area contributed by atoms with Crippen LogP contribution >= 0.6 is 0 Å². The summed E-state index contributed by atoms with van der Waals surface area (Å²) in [5.74, 6) is 1.40. The highest BCUT2D eigenvalue weighted by atomic mass is 16.5. The lowest BCUT2D eigenvalue weighted by molar-refractivity contribution is -0.0147. The van der Waals surface area contributed by atoms with Gasteiger partial charge in [0, 0.05) is 44.7 Å². The number of hydrogen-bond donors (Lipinski definition) is 1. The Hall–Kier alpha value is -1.76. The molecule has 2 fully saturated rings. The molecule has 0 unspecified atom stereocenters. The summed E-state index contributed by atoms with van der Waals surface area (Å²) in [6.07, 6.45) is 4.18. The van der Waals surface area contributed by atoms with Gasteiger partial charge < -0.3 is 10.5 Å². The van der Waals surface area contributed by atoms with Crippen LogP contribution in [-0.4, -0.2) is 65.2 Å². The molecule has 3 heterocycles. The summed E-state index contributed by atoms with van der Waals surface area (Å²) in [7, 11) is 0. The molecule has 0 aliphatic carbocycles. The first-order chi connectivity index (χ1) is 12.3. The van der Waals surface area contributed by atoms with Crippen LogP contribution in [0.15, 0.2) is 24.3 Å². The number of aromatic nitrogens is 2. The summed E-state index contributed by atoms with van der Waals surface area (Å²) in [6, 6.07) is 7.93. The molecule has 0 spiro atoms. The summed E-state index contributed by atoms with van der Waals surface area (Å²) < 4.78 is 5.87. The molecule has 6 nitrogen and oxygen atoms in total. The number of rotatable bonds is 4. The van der Waals surface area contributed by atoms with Crippen LogP contribution in [0.2, 0.25) is 0 Å². The predicted molar refractivity (Wildman–Crippen MR) is 99.3 cm³/mol. The van der Waals surface area contributed by atoms with Crippen LogP contribution in [0.4, 0.5) is 5.82 Å². The van der Waals surface area contributed by atoms with E-state index in [-0.39, 0.29) is 0 Å². The molecule has 0 radical (unpaired) electrons. The van der Waals surface area contributed by atoms with E-state index >= 15 is 0 Å². The lowest BCUT2D eigenvalue weighted by Crippen LogP contribution is -2.48. The highest BCUT2D eigenvalue weighted by molar-refractivity contribution is 5.87. The Morgan fingerprint density at radius 2 is 1.84 bits per heavy atom. The van der Waals surface area contributed by atoms with E-state index in [1.807, 2.05) is 24.3 Å². The number of nitrogens with two attached hydrogens (primary N) is 1. The Balaban J connectivity index is 1.32. The topological polar surface area (TPSA) is 67.5 Å². The van der Waals surface area contributed by atoms with Crippen LogP contribution in [0.3, 0.4) is 0 Å². The Bertz CT molecular complexity index is 708. The summed E-state index contributed by atoms with van der Waals surface area (Å²) >= 11 is 0. The van der Waals surface area contributed by atoms with Gasteiger partial charge in [0.05, 0.1) is 18.2 Å². The average Bonchev–Trinajstić information content (AvgIpc) is 2.64. The zero-order valence-electron chi connectivity index (χ0n) is 14.7. The van der Waals surface area contributed by atoms with Crippen molar-refractivity contribution in [1.82, 2.24) is 19.8 Å². The highest BCUT2D eigenvalue weighted by Gasteiger charge is 2.22. The standard InChI is InChI=1S/C19H27N5O/c20-19-16-6-1-2-7-17(16)21-18(22-19)14-24-10-8-23(9-11-24)13-15-5-3-4-12-25-15/h1-2,6-7,15H,3-5,8-14H2,(H2,20,21,22)/t15-/m0/s1. The molecular weight excluding hydrogens is 314 g/mol. The summed E-state index contributed by atoms with van der Waals surface area (Å²) in [5.41, 5.74) is 7.03. The number of fused-ring (bicyclic) bond motifs is 1. The van der Waals surface area contributed by atoms with E-state index in [9.17, 15) is 0 Å². The fourth-order valence-corrected chi connectivity index (χ4v) is 3.79. The lowest BCUT2D eigenvalue weighted by atomic mass is 10.1. The van der Waals surface area contributed by atoms with Crippen molar-refractivity contribution in [1.29, 1.82) is 0 Å². The molecule has 1 atom stereocenters. The maximum Gasteiger partial charge on any atom is 0.145 e. The van der Waals surface area contributed by atoms with Crippen molar-refractivity contribution < 1.29 is 4.74 Å². The minimum Gasteiger partial charge on any atom is -0.383 e. The first-order valence-electron chi connectivity index (χ1n) is 9.35. The molecule has 2 aliphatic rings. The van der Waals surface area contributed by atoms with E-state index in [4.69, 9.17) is 10.5 Å². The number of hydrogen-bond acceptors (Lipinski definition) is 6. The molecule has 2 saturated heterocycles. The predicted octanol–water partition coefficient (Wildman–Crippen LogP) is 1.90. The third-order valence-electron chi connectivity index (χ3n) is 5.24. The molecule has 1 aromatic heterocycles. The van der Waals surface area contributed by atoms with E-state index in [1.54, 1.807) is 0 Å². The lowest BCUT2D eigenvalue weighted by Gasteiger charge is -2.36. The fraction of sp³-hybridized carbons (Fsp3) is 0.579. The van der Waals surface area contributed by atoms with Gasteiger partial charge in [-0.2, -0.15) is 0 Å². The van der Waals surface area contributed by atoms with Crippen molar-refractivity contribution in [2.24, 2.45) is 0 Å². The van der Waals surface area contributed by atoms with Gasteiger partial charge >= 0.3 is 0 Å². The van der Waals surface area contributed by atoms with Gasteiger partial charge in [0.15, 0.2) is 0 Å². The molecule has 2 aliphatic heterocycles. The van der Waals surface area contributed by atoms with Gasteiger partial charge in [-0.3, -0.25) is 9.80 Å². The summed E-state index contributed by atoms with van der Waals surface area (Å²) in [4.78, 5) is 14.1. The number of nitrogens with zero attached hydrogens (tertiary/aromatic N) is 4. The molecule has 0 bridgehead atoms. The van der Waals surface area contributed by atoms with E-state index in [1.165, 1.54) is 19.3 Å². The Morgan fingerprint density at radius 1 is 1.04 bits per heavy atom. The molecule has 2 aromatic rings. The first kappa shape index (κ1) is 16.7. The molecule has 6 heteroatoms. The van der Waals surface area contributed by atoms with Crippen molar-refractivity contribution in [2.75, 3.05) is 45.1 Å². The Labute approximate surface area is 149 Å². The molecule has 0 saturated carbocycles. The zero-order valence-corrected chi connectivity index (χ0v) is 14.7. The minimum atomic E-state index is 0.434. The monoisotopic (exact) mass is 341 g/mol. The van der Waals surface area contributed by atoms with Crippen molar-refractivity contribution in [3.05, 3.63) is 30.1 Å². The number of nitrogen functional groups attached to an aromatic ring is 1. The van der Waals surface area contributed by atoms with Gasteiger partial charge in [0.2, 0.25) is 0 Å². The Kier molecular flexibility index (Phi) is 5.10. The first-order valence-corrected chi connectivity index (χ1v) is 9.35. The van der Waals surface area contributed by atoms with Crippen LogP contribution < -0.4 is 5.73 Å². The molecule has 25 heavy (non-hydrogen) atoms. The number of piperazine rings is 1. The van der Waals surface area contributed by atoms with Crippen molar-refractivity contribution in [3.8, 4) is 0 Å². The molecule has 2 N–H and O–H groups in total. The van der Waals surface area contributed by atoms with Crippen LogP contribution in [0, 0.1) is 0 Å².